The molecule has 1 aromatic rings. The molecule has 30 heavy (non-hydrogen) atoms. The fourth-order valence-electron chi connectivity index (χ4n) is 3.74. The second-order valence-corrected chi connectivity index (χ2v) is 7.73. The molecule has 170 valence electrons. The van der Waals surface area contributed by atoms with Gasteiger partial charge >= 0.3 is 0 Å². The molecule has 2 N–H and O–H groups in total. The second-order valence-electron chi connectivity index (χ2n) is 7.73. The molecule has 0 bridgehead atoms. The molecule has 1 aliphatic rings. The Kier molecular flexibility index (Phi) is 13.7. The number of amides is 1. The van der Waals surface area contributed by atoms with Crippen LogP contribution in [-0.4, -0.2) is 74.0 Å². The number of aliphatic imine (C=N–C) groups is 1. The van der Waals surface area contributed by atoms with E-state index in [0.717, 1.165) is 58.2 Å². The highest BCUT2D eigenvalue weighted by atomic mass is 127. The monoisotopic (exact) mass is 529 g/mol. The molecule has 1 amide bonds. The van der Waals surface area contributed by atoms with Crippen molar-refractivity contribution in [1.82, 2.24) is 20.4 Å². The number of rotatable bonds is 12. The summed E-state index contributed by atoms with van der Waals surface area (Å²) in [4.78, 5) is 21.5. The lowest BCUT2D eigenvalue weighted by atomic mass is 10.1. The zero-order valence-electron chi connectivity index (χ0n) is 18.9. The van der Waals surface area contributed by atoms with Crippen LogP contribution in [0.1, 0.15) is 39.2 Å². The van der Waals surface area contributed by atoms with E-state index in [1.165, 1.54) is 12.0 Å². The molecule has 6 nitrogen and oxygen atoms in total. The number of likely N-dealkylation sites (tertiary alicyclic amines) is 1. The fourth-order valence-corrected chi connectivity index (χ4v) is 3.74. The third-order valence-corrected chi connectivity index (χ3v) is 5.37. The minimum atomic E-state index is 0. The Morgan fingerprint density at radius 2 is 1.93 bits per heavy atom. The van der Waals surface area contributed by atoms with Gasteiger partial charge in [0, 0.05) is 51.6 Å². The number of nitrogens with one attached hydrogen (secondary N) is 2. The van der Waals surface area contributed by atoms with Crippen molar-refractivity contribution in [3.05, 3.63) is 35.9 Å². The van der Waals surface area contributed by atoms with Crippen molar-refractivity contribution in [1.29, 1.82) is 0 Å². The number of halogens is 1. The van der Waals surface area contributed by atoms with Crippen LogP contribution in [0.2, 0.25) is 0 Å². The molecule has 0 aliphatic carbocycles. The smallest absolute Gasteiger partial charge is 0.223 e. The van der Waals surface area contributed by atoms with E-state index in [4.69, 9.17) is 4.99 Å². The van der Waals surface area contributed by atoms with Gasteiger partial charge in [0.15, 0.2) is 5.96 Å². The first-order chi connectivity index (χ1) is 14.2. The lowest BCUT2D eigenvalue weighted by molar-refractivity contribution is -0.127. The average Bonchev–Trinajstić information content (AvgIpc) is 3.10. The maximum Gasteiger partial charge on any atom is 0.223 e. The van der Waals surface area contributed by atoms with Crippen LogP contribution in [0.4, 0.5) is 0 Å². The van der Waals surface area contributed by atoms with Crippen LogP contribution in [0.15, 0.2) is 35.3 Å². The summed E-state index contributed by atoms with van der Waals surface area (Å²) in [6, 6.07) is 10.4. The van der Waals surface area contributed by atoms with Crippen LogP contribution >= 0.6 is 24.0 Å². The van der Waals surface area contributed by atoms with Crippen molar-refractivity contribution in [3.63, 3.8) is 0 Å². The number of likely N-dealkylation sites (N-methyl/N-ethyl adjacent to an activating group) is 1. The highest BCUT2D eigenvalue weighted by molar-refractivity contribution is 14.0. The van der Waals surface area contributed by atoms with Crippen LogP contribution < -0.4 is 10.6 Å². The van der Waals surface area contributed by atoms with Gasteiger partial charge in [-0.05, 0) is 38.4 Å². The van der Waals surface area contributed by atoms with E-state index < -0.39 is 0 Å². The van der Waals surface area contributed by atoms with Gasteiger partial charge in [0.2, 0.25) is 5.91 Å². The van der Waals surface area contributed by atoms with Gasteiger partial charge in [-0.1, -0.05) is 44.2 Å². The number of hydrogen-bond donors (Lipinski definition) is 2. The molecular formula is C23H40IN5O. The predicted molar refractivity (Wildman–Crippen MR) is 137 cm³/mol. The molecule has 2 rings (SSSR count). The molecule has 1 aromatic carbocycles. The molecule has 1 aliphatic heterocycles. The fraction of sp³-hybridized carbons (Fsp3) is 0.652. The summed E-state index contributed by atoms with van der Waals surface area (Å²) in [5, 5.41) is 6.76. The molecule has 0 aromatic heterocycles. The van der Waals surface area contributed by atoms with Gasteiger partial charge in [0.1, 0.15) is 0 Å². The molecule has 1 atom stereocenters. The van der Waals surface area contributed by atoms with Crippen LogP contribution in [0.3, 0.4) is 0 Å². The molecule has 1 heterocycles. The predicted octanol–water partition coefficient (Wildman–Crippen LogP) is 2.98. The van der Waals surface area contributed by atoms with Gasteiger partial charge in [-0.2, -0.15) is 0 Å². The minimum absolute atomic E-state index is 0. The zero-order valence-corrected chi connectivity index (χ0v) is 21.2. The van der Waals surface area contributed by atoms with Gasteiger partial charge in [-0.15, -0.1) is 24.0 Å². The minimum Gasteiger partial charge on any atom is -0.357 e. The number of nitrogens with zero attached hydrogens (tertiary/aromatic N) is 3. The van der Waals surface area contributed by atoms with Crippen molar-refractivity contribution >= 4 is 35.8 Å². The summed E-state index contributed by atoms with van der Waals surface area (Å²) in [6.07, 6.45) is 2.70. The molecule has 0 spiro atoms. The SMILES string of the molecule is CCCN(CC)CCNC(=NCC1CC(=O)N(CCc2ccccc2)C1)NCC.I. The van der Waals surface area contributed by atoms with Gasteiger partial charge < -0.3 is 20.4 Å². The molecular weight excluding hydrogens is 489 g/mol. The highest BCUT2D eigenvalue weighted by Gasteiger charge is 2.28. The first kappa shape index (κ1) is 26.7. The standard InChI is InChI=1S/C23H39N5O.HI/c1-4-14-27(6-3)16-13-25-23(24-5-2)26-18-21-17-22(29)28(19-21)15-12-20-10-8-7-9-11-20;/h7-11,21H,4-6,12-19H2,1-3H3,(H2,24,25,26);1H. The topological polar surface area (TPSA) is 60.0 Å². The largest absolute Gasteiger partial charge is 0.357 e. The maximum absolute atomic E-state index is 12.4. The second kappa shape index (κ2) is 15.5. The molecule has 1 fully saturated rings. The van der Waals surface area contributed by atoms with Crippen molar-refractivity contribution in [3.8, 4) is 0 Å². The average molecular weight is 530 g/mol. The van der Waals surface area contributed by atoms with Crippen molar-refractivity contribution in [2.24, 2.45) is 10.9 Å². The number of guanidine groups is 1. The lowest BCUT2D eigenvalue weighted by Crippen LogP contribution is -2.42. The summed E-state index contributed by atoms with van der Waals surface area (Å²) < 4.78 is 0. The number of carbonyl (C=O) groups is 1. The quantitative estimate of drug-likeness (QED) is 0.249. The Morgan fingerprint density at radius 3 is 2.60 bits per heavy atom. The summed E-state index contributed by atoms with van der Waals surface area (Å²) in [6.45, 7) is 13.7. The van der Waals surface area contributed by atoms with E-state index in [1.54, 1.807) is 0 Å². The van der Waals surface area contributed by atoms with Gasteiger partial charge in [-0.3, -0.25) is 9.79 Å². The molecule has 0 saturated carbocycles. The normalized spacial score (nSPS) is 16.7. The van der Waals surface area contributed by atoms with E-state index in [-0.39, 0.29) is 29.9 Å². The summed E-state index contributed by atoms with van der Waals surface area (Å²) >= 11 is 0. The third-order valence-electron chi connectivity index (χ3n) is 5.37. The number of carbonyl (C=O) groups excluding carboxylic acids is 1. The molecule has 0 radical (unpaired) electrons. The first-order valence-corrected chi connectivity index (χ1v) is 11.2. The van der Waals surface area contributed by atoms with Crippen molar-refractivity contribution in [2.75, 3.05) is 52.4 Å². The van der Waals surface area contributed by atoms with Crippen LogP contribution in [0.5, 0.6) is 0 Å². The Hall–Kier alpha value is -1.35. The Balaban J connectivity index is 0.00000450. The number of benzene rings is 1. The van der Waals surface area contributed by atoms with Crippen LogP contribution in [-0.2, 0) is 11.2 Å². The van der Waals surface area contributed by atoms with Crippen molar-refractivity contribution in [2.45, 2.75) is 40.0 Å². The van der Waals surface area contributed by atoms with Crippen LogP contribution in [0, 0.1) is 5.92 Å². The Morgan fingerprint density at radius 1 is 1.17 bits per heavy atom. The Bertz CT molecular complexity index is 625. The summed E-state index contributed by atoms with van der Waals surface area (Å²) in [5.41, 5.74) is 1.28. The van der Waals surface area contributed by atoms with Crippen LogP contribution in [0.25, 0.3) is 0 Å². The van der Waals surface area contributed by atoms with E-state index in [0.29, 0.717) is 18.9 Å². The number of hydrogen-bond acceptors (Lipinski definition) is 3. The van der Waals surface area contributed by atoms with E-state index in [2.05, 4.69) is 60.6 Å². The first-order valence-electron chi connectivity index (χ1n) is 11.2. The van der Waals surface area contributed by atoms with Gasteiger partial charge in [0.25, 0.3) is 0 Å². The third kappa shape index (κ3) is 9.64. The lowest BCUT2D eigenvalue weighted by Gasteiger charge is -2.20. The highest BCUT2D eigenvalue weighted by Crippen LogP contribution is 2.18. The van der Waals surface area contributed by atoms with E-state index >= 15 is 0 Å². The molecule has 1 unspecified atom stereocenters. The summed E-state index contributed by atoms with van der Waals surface area (Å²) in [7, 11) is 0. The summed E-state index contributed by atoms with van der Waals surface area (Å²) in [5.74, 6) is 1.42. The van der Waals surface area contributed by atoms with Gasteiger partial charge in [0.05, 0.1) is 0 Å². The molecule has 7 heteroatoms. The Labute approximate surface area is 199 Å². The molecule has 1 saturated heterocycles. The van der Waals surface area contributed by atoms with Crippen molar-refractivity contribution < 1.29 is 4.79 Å². The zero-order chi connectivity index (χ0) is 20.9. The van der Waals surface area contributed by atoms with E-state index in [1.807, 2.05) is 11.0 Å². The van der Waals surface area contributed by atoms with Gasteiger partial charge in [-0.25, -0.2) is 0 Å². The van der Waals surface area contributed by atoms with E-state index in [9.17, 15) is 4.79 Å². The maximum atomic E-state index is 12.4.